The SMILES string of the molecule is C[C@@H](OC1CCCCCC1)C(=O)N1CC[C@H](C(=O)O)C1. The Morgan fingerprint density at radius 2 is 1.80 bits per heavy atom. The van der Waals surface area contributed by atoms with Crippen LogP contribution in [0, 0.1) is 5.92 Å². The van der Waals surface area contributed by atoms with Crippen LogP contribution in [-0.4, -0.2) is 47.2 Å². The highest BCUT2D eigenvalue weighted by molar-refractivity contribution is 5.82. The van der Waals surface area contributed by atoms with E-state index in [1.54, 1.807) is 11.8 Å². The fourth-order valence-electron chi connectivity index (χ4n) is 3.14. The molecule has 1 N–H and O–H groups in total. The molecule has 114 valence electrons. The number of ether oxygens (including phenoxy) is 1. The molecule has 0 aromatic rings. The van der Waals surface area contributed by atoms with Gasteiger partial charge in [-0.05, 0) is 26.2 Å². The summed E-state index contributed by atoms with van der Waals surface area (Å²) in [6.45, 7) is 2.65. The van der Waals surface area contributed by atoms with Crippen LogP contribution >= 0.6 is 0 Å². The molecule has 0 bridgehead atoms. The quantitative estimate of drug-likeness (QED) is 0.802. The molecule has 1 amide bonds. The summed E-state index contributed by atoms with van der Waals surface area (Å²) in [5.74, 6) is -1.28. The van der Waals surface area contributed by atoms with Crippen LogP contribution in [0.4, 0.5) is 0 Å². The van der Waals surface area contributed by atoms with E-state index >= 15 is 0 Å². The van der Waals surface area contributed by atoms with Crippen LogP contribution in [0.15, 0.2) is 0 Å². The third-order valence-corrected chi connectivity index (χ3v) is 4.40. The van der Waals surface area contributed by atoms with Crippen LogP contribution < -0.4 is 0 Å². The van der Waals surface area contributed by atoms with Crippen LogP contribution in [-0.2, 0) is 14.3 Å². The highest BCUT2D eigenvalue weighted by atomic mass is 16.5. The Balaban J connectivity index is 1.81. The summed E-state index contributed by atoms with van der Waals surface area (Å²) >= 11 is 0. The molecule has 0 aromatic carbocycles. The molecular weight excluding hydrogens is 258 g/mol. The first-order chi connectivity index (χ1) is 9.58. The maximum Gasteiger partial charge on any atom is 0.308 e. The molecule has 0 spiro atoms. The average molecular weight is 283 g/mol. The monoisotopic (exact) mass is 283 g/mol. The van der Waals surface area contributed by atoms with E-state index < -0.39 is 18.0 Å². The number of carbonyl (C=O) groups is 2. The van der Waals surface area contributed by atoms with E-state index in [9.17, 15) is 9.59 Å². The van der Waals surface area contributed by atoms with E-state index in [1.807, 2.05) is 0 Å². The first kappa shape index (κ1) is 15.3. The summed E-state index contributed by atoms with van der Waals surface area (Å²) in [6, 6.07) is 0. The number of hydrogen-bond acceptors (Lipinski definition) is 3. The van der Waals surface area contributed by atoms with Gasteiger partial charge < -0.3 is 14.7 Å². The second kappa shape index (κ2) is 7.07. The zero-order valence-electron chi connectivity index (χ0n) is 12.2. The first-order valence-electron chi connectivity index (χ1n) is 7.75. The van der Waals surface area contributed by atoms with Crippen molar-refractivity contribution in [2.75, 3.05) is 13.1 Å². The lowest BCUT2D eigenvalue weighted by molar-refractivity contribution is -0.146. The van der Waals surface area contributed by atoms with Gasteiger partial charge in [-0.25, -0.2) is 0 Å². The Hall–Kier alpha value is -1.10. The van der Waals surface area contributed by atoms with Crippen LogP contribution in [0.25, 0.3) is 0 Å². The maximum absolute atomic E-state index is 12.3. The minimum Gasteiger partial charge on any atom is -0.481 e. The summed E-state index contributed by atoms with van der Waals surface area (Å²) in [4.78, 5) is 24.8. The number of carbonyl (C=O) groups excluding carboxylic acids is 1. The Morgan fingerprint density at radius 3 is 2.35 bits per heavy atom. The van der Waals surface area contributed by atoms with Crippen molar-refractivity contribution in [1.29, 1.82) is 0 Å². The Morgan fingerprint density at radius 1 is 1.15 bits per heavy atom. The molecule has 2 atom stereocenters. The van der Waals surface area contributed by atoms with Crippen molar-refractivity contribution >= 4 is 11.9 Å². The molecule has 1 heterocycles. The highest BCUT2D eigenvalue weighted by Crippen LogP contribution is 2.23. The molecule has 1 aliphatic carbocycles. The fraction of sp³-hybridized carbons (Fsp3) is 0.867. The number of nitrogens with zero attached hydrogens (tertiary/aromatic N) is 1. The van der Waals surface area contributed by atoms with Gasteiger partial charge in [0.05, 0.1) is 12.0 Å². The smallest absolute Gasteiger partial charge is 0.308 e. The minimum atomic E-state index is -0.808. The highest BCUT2D eigenvalue weighted by Gasteiger charge is 2.33. The molecule has 2 aliphatic rings. The summed E-state index contributed by atoms with van der Waals surface area (Å²) in [7, 11) is 0. The van der Waals surface area contributed by atoms with Gasteiger partial charge in [-0.15, -0.1) is 0 Å². The van der Waals surface area contributed by atoms with Crippen molar-refractivity contribution in [2.24, 2.45) is 5.92 Å². The normalized spacial score (nSPS) is 26.2. The van der Waals surface area contributed by atoms with Crippen molar-refractivity contribution < 1.29 is 19.4 Å². The lowest BCUT2D eigenvalue weighted by Crippen LogP contribution is -2.39. The molecule has 1 saturated heterocycles. The van der Waals surface area contributed by atoms with Gasteiger partial charge in [0.25, 0.3) is 5.91 Å². The second-order valence-corrected chi connectivity index (χ2v) is 6.00. The van der Waals surface area contributed by atoms with Gasteiger partial charge in [0, 0.05) is 13.1 Å². The minimum absolute atomic E-state index is 0.0574. The predicted octanol–water partition coefficient (Wildman–Crippen LogP) is 2.05. The zero-order valence-corrected chi connectivity index (χ0v) is 12.2. The molecule has 5 heteroatoms. The predicted molar refractivity (Wildman–Crippen MR) is 74.4 cm³/mol. The van der Waals surface area contributed by atoms with E-state index in [1.165, 1.54) is 25.7 Å². The fourth-order valence-corrected chi connectivity index (χ4v) is 3.14. The third kappa shape index (κ3) is 3.95. The molecule has 0 radical (unpaired) electrons. The lowest BCUT2D eigenvalue weighted by Gasteiger charge is -2.24. The van der Waals surface area contributed by atoms with Crippen LogP contribution in [0.5, 0.6) is 0 Å². The van der Waals surface area contributed by atoms with Crippen molar-refractivity contribution in [3.05, 3.63) is 0 Å². The van der Waals surface area contributed by atoms with Gasteiger partial charge in [0.1, 0.15) is 6.10 Å². The van der Waals surface area contributed by atoms with Crippen LogP contribution in [0.3, 0.4) is 0 Å². The standard InChI is InChI=1S/C15H25NO4/c1-11(20-13-6-4-2-3-5-7-13)14(17)16-9-8-12(10-16)15(18)19/h11-13H,2-10H2,1H3,(H,18,19)/t11-,12+/m1/s1. The average Bonchev–Trinajstić information content (AvgIpc) is 2.78. The number of amides is 1. The molecular formula is C15H25NO4. The van der Waals surface area contributed by atoms with Gasteiger partial charge in [-0.2, -0.15) is 0 Å². The Labute approximate surface area is 120 Å². The number of hydrogen-bond donors (Lipinski definition) is 1. The molecule has 0 aromatic heterocycles. The summed E-state index contributed by atoms with van der Waals surface area (Å²) in [6.07, 6.45) is 7.23. The van der Waals surface area contributed by atoms with Gasteiger partial charge in [-0.1, -0.05) is 25.7 Å². The Kier molecular flexibility index (Phi) is 5.40. The zero-order chi connectivity index (χ0) is 14.5. The topological polar surface area (TPSA) is 66.8 Å². The van der Waals surface area contributed by atoms with Crippen molar-refractivity contribution in [1.82, 2.24) is 4.90 Å². The van der Waals surface area contributed by atoms with Gasteiger partial charge >= 0.3 is 5.97 Å². The maximum atomic E-state index is 12.3. The molecule has 2 fully saturated rings. The molecule has 1 saturated carbocycles. The third-order valence-electron chi connectivity index (χ3n) is 4.40. The second-order valence-electron chi connectivity index (χ2n) is 6.00. The molecule has 0 unspecified atom stereocenters. The number of carboxylic acid groups (broad SMARTS) is 1. The Bertz CT molecular complexity index is 350. The van der Waals surface area contributed by atoms with E-state index in [-0.39, 0.29) is 12.0 Å². The van der Waals surface area contributed by atoms with E-state index in [2.05, 4.69) is 0 Å². The van der Waals surface area contributed by atoms with Gasteiger partial charge in [-0.3, -0.25) is 9.59 Å². The van der Waals surface area contributed by atoms with Crippen LogP contribution in [0.2, 0.25) is 0 Å². The number of likely N-dealkylation sites (tertiary alicyclic amines) is 1. The van der Waals surface area contributed by atoms with E-state index in [0.717, 1.165) is 12.8 Å². The van der Waals surface area contributed by atoms with Gasteiger partial charge in [0.2, 0.25) is 0 Å². The summed E-state index contributed by atoms with van der Waals surface area (Å²) in [5.41, 5.74) is 0. The summed E-state index contributed by atoms with van der Waals surface area (Å²) in [5, 5.41) is 8.97. The molecule has 5 nitrogen and oxygen atoms in total. The van der Waals surface area contributed by atoms with Crippen LogP contribution in [0.1, 0.15) is 51.9 Å². The van der Waals surface area contributed by atoms with Gasteiger partial charge in [0.15, 0.2) is 0 Å². The lowest BCUT2D eigenvalue weighted by atomic mass is 10.1. The molecule has 2 rings (SSSR count). The number of rotatable bonds is 4. The number of carboxylic acids is 1. The molecule has 1 aliphatic heterocycles. The number of aliphatic carboxylic acids is 1. The largest absolute Gasteiger partial charge is 0.481 e. The van der Waals surface area contributed by atoms with Crippen molar-refractivity contribution in [3.63, 3.8) is 0 Å². The van der Waals surface area contributed by atoms with E-state index in [4.69, 9.17) is 9.84 Å². The van der Waals surface area contributed by atoms with Crippen molar-refractivity contribution in [3.8, 4) is 0 Å². The van der Waals surface area contributed by atoms with E-state index in [0.29, 0.717) is 19.5 Å². The summed E-state index contributed by atoms with van der Waals surface area (Å²) < 4.78 is 5.90. The van der Waals surface area contributed by atoms with Crippen molar-refractivity contribution in [2.45, 2.75) is 64.1 Å². The molecule has 20 heavy (non-hydrogen) atoms. The first-order valence-corrected chi connectivity index (χ1v) is 7.75.